The molecule has 100 valence electrons. The number of nitrogens with zero attached hydrogens (tertiary/aromatic N) is 2. The standard InChI is InChI=1S/C15H17BrN2O/c1-17(10-12-6-3-4-7-13(12)16)11-15(19)14-8-5-9-18(14)2/h3-9H,10-11H2,1-2H3. The Kier molecular flexibility index (Phi) is 4.56. The van der Waals surface area contributed by atoms with Gasteiger partial charge in [0.15, 0.2) is 5.78 Å². The molecule has 0 amide bonds. The lowest BCUT2D eigenvalue weighted by atomic mass is 10.2. The van der Waals surface area contributed by atoms with Crippen molar-refractivity contribution in [3.8, 4) is 0 Å². The second-order valence-electron chi connectivity index (χ2n) is 4.69. The number of aromatic nitrogens is 1. The molecule has 0 fully saturated rings. The SMILES string of the molecule is CN(CC(=O)c1cccn1C)Cc1ccccc1Br. The summed E-state index contributed by atoms with van der Waals surface area (Å²) in [5, 5.41) is 0. The quantitative estimate of drug-likeness (QED) is 0.791. The molecule has 0 saturated carbocycles. The minimum atomic E-state index is 0.141. The van der Waals surface area contributed by atoms with Gasteiger partial charge < -0.3 is 4.57 Å². The van der Waals surface area contributed by atoms with E-state index in [4.69, 9.17) is 0 Å². The first-order valence-corrected chi connectivity index (χ1v) is 6.93. The van der Waals surface area contributed by atoms with Gasteiger partial charge in [-0.05, 0) is 30.8 Å². The van der Waals surface area contributed by atoms with Crippen LogP contribution in [-0.2, 0) is 13.6 Å². The third kappa shape index (κ3) is 3.55. The van der Waals surface area contributed by atoms with Gasteiger partial charge in [-0.15, -0.1) is 0 Å². The molecule has 0 aliphatic rings. The topological polar surface area (TPSA) is 25.2 Å². The molecule has 1 heterocycles. The zero-order valence-electron chi connectivity index (χ0n) is 11.1. The number of hydrogen-bond donors (Lipinski definition) is 0. The van der Waals surface area contributed by atoms with E-state index in [0.29, 0.717) is 6.54 Å². The van der Waals surface area contributed by atoms with Gasteiger partial charge in [-0.25, -0.2) is 0 Å². The first kappa shape index (κ1) is 14.0. The summed E-state index contributed by atoms with van der Waals surface area (Å²) in [4.78, 5) is 14.2. The van der Waals surface area contributed by atoms with Gasteiger partial charge in [-0.3, -0.25) is 9.69 Å². The van der Waals surface area contributed by atoms with Crippen molar-refractivity contribution in [2.45, 2.75) is 6.54 Å². The largest absolute Gasteiger partial charge is 0.348 e. The lowest BCUT2D eigenvalue weighted by Gasteiger charge is -2.17. The second-order valence-corrected chi connectivity index (χ2v) is 5.55. The molecule has 0 aliphatic carbocycles. The van der Waals surface area contributed by atoms with Gasteiger partial charge in [-0.1, -0.05) is 34.1 Å². The Hall–Kier alpha value is -1.39. The van der Waals surface area contributed by atoms with Crippen LogP contribution in [-0.4, -0.2) is 28.8 Å². The molecule has 1 aromatic heterocycles. The fraction of sp³-hybridized carbons (Fsp3) is 0.267. The van der Waals surface area contributed by atoms with Crippen molar-refractivity contribution >= 4 is 21.7 Å². The van der Waals surface area contributed by atoms with E-state index >= 15 is 0 Å². The number of halogens is 1. The average Bonchev–Trinajstić information content (AvgIpc) is 2.78. The van der Waals surface area contributed by atoms with E-state index in [-0.39, 0.29) is 5.78 Å². The zero-order valence-corrected chi connectivity index (χ0v) is 12.7. The summed E-state index contributed by atoms with van der Waals surface area (Å²) in [6.45, 7) is 1.16. The minimum Gasteiger partial charge on any atom is -0.348 e. The van der Waals surface area contributed by atoms with E-state index < -0.39 is 0 Å². The molecule has 1 aromatic carbocycles. The Balaban J connectivity index is 1.99. The maximum Gasteiger partial charge on any atom is 0.193 e. The molecule has 0 aliphatic heterocycles. The number of aryl methyl sites for hydroxylation is 1. The number of likely N-dealkylation sites (N-methyl/N-ethyl adjacent to an activating group) is 1. The summed E-state index contributed by atoms with van der Waals surface area (Å²) >= 11 is 3.53. The van der Waals surface area contributed by atoms with Crippen molar-refractivity contribution in [1.82, 2.24) is 9.47 Å². The molecule has 0 spiro atoms. The number of hydrogen-bond acceptors (Lipinski definition) is 2. The van der Waals surface area contributed by atoms with E-state index in [1.165, 1.54) is 5.56 Å². The average molecular weight is 321 g/mol. The third-order valence-electron chi connectivity index (χ3n) is 3.04. The summed E-state index contributed by atoms with van der Waals surface area (Å²) in [5.41, 5.74) is 1.93. The molecule has 19 heavy (non-hydrogen) atoms. The Labute approximate surface area is 122 Å². The number of ketones is 1. The molecule has 0 bridgehead atoms. The van der Waals surface area contributed by atoms with Crippen molar-refractivity contribution in [3.63, 3.8) is 0 Å². The molecule has 0 N–H and O–H groups in total. The van der Waals surface area contributed by atoms with Crippen molar-refractivity contribution in [1.29, 1.82) is 0 Å². The van der Waals surface area contributed by atoms with Crippen LogP contribution in [0.15, 0.2) is 47.1 Å². The number of rotatable bonds is 5. The second kappa shape index (κ2) is 6.17. The predicted molar refractivity (Wildman–Crippen MR) is 80.2 cm³/mol. The first-order valence-electron chi connectivity index (χ1n) is 6.14. The number of Topliss-reactive ketones (excluding diaryl/α,β-unsaturated/α-hetero) is 1. The summed E-state index contributed by atoms with van der Waals surface area (Å²) in [6, 6.07) is 11.8. The van der Waals surface area contributed by atoms with Crippen LogP contribution in [0.3, 0.4) is 0 Å². The highest BCUT2D eigenvalue weighted by Gasteiger charge is 2.12. The molecular formula is C15H17BrN2O. The lowest BCUT2D eigenvalue weighted by molar-refractivity contribution is 0.0935. The van der Waals surface area contributed by atoms with Crippen LogP contribution in [0.4, 0.5) is 0 Å². The van der Waals surface area contributed by atoms with Crippen LogP contribution in [0.5, 0.6) is 0 Å². The summed E-state index contributed by atoms with van der Waals surface area (Å²) in [6.07, 6.45) is 1.89. The van der Waals surface area contributed by atoms with Crippen LogP contribution < -0.4 is 0 Å². The van der Waals surface area contributed by atoms with Gasteiger partial charge in [0.2, 0.25) is 0 Å². The zero-order chi connectivity index (χ0) is 13.8. The number of benzene rings is 1. The van der Waals surface area contributed by atoms with Gasteiger partial charge in [0.1, 0.15) is 0 Å². The Bertz CT molecular complexity index is 577. The summed E-state index contributed by atoms with van der Waals surface area (Å²) in [5.74, 6) is 0.141. The Morgan fingerprint density at radius 2 is 2.00 bits per heavy atom. The third-order valence-corrected chi connectivity index (χ3v) is 3.81. The maximum absolute atomic E-state index is 12.1. The molecule has 0 radical (unpaired) electrons. The predicted octanol–water partition coefficient (Wildman–Crippen LogP) is 3.10. The molecule has 0 saturated heterocycles. The monoisotopic (exact) mass is 320 g/mol. The van der Waals surface area contributed by atoms with Crippen molar-refractivity contribution in [3.05, 3.63) is 58.3 Å². The highest BCUT2D eigenvalue weighted by Crippen LogP contribution is 2.17. The summed E-state index contributed by atoms with van der Waals surface area (Å²) in [7, 11) is 3.85. The van der Waals surface area contributed by atoms with Gasteiger partial charge in [0, 0.05) is 24.3 Å². The Morgan fingerprint density at radius 3 is 2.63 bits per heavy atom. The molecule has 3 nitrogen and oxygen atoms in total. The van der Waals surface area contributed by atoms with E-state index in [1.54, 1.807) is 0 Å². The first-order chi connectivity index (χ1) is 9.08. The Morgan fingerprint density at radius 1 is 1.26 bits per heavy atom. The van der Waals surface area contributed by atoms with Gasteiger partial charge in [0.25, 0.3) is 0 Å². The summed E-state index contributed by atoms with van der Waals surface area (Å²) < 4.78 is 2.93. The van der Waals surface area contributed by atoms with E-state index in [9.17, 15) is 4.79 Å². The molecule has 2 rings (SSSR count). The van der Waals surface area contributed by atoms with Crippen molar-refractivity contribution < 1.29 is 4.79 Å². The smallest absolute Gasteiger partial charge is 0.193 e. The number of carbonyl (C=O) groups is 1. The van der Waals surface area contributed by atoms with E-state index in [0.717, 1.165) is 16.7 Å². The normalized spacial score (nSPS) is 10.9. The van der Waals surface area contributed by atoms with Crippen molar-refractivity contribution in [2.75, 3.05) is 13.6 Å². The van der Waals surface area contributed by atoms with Crippen LogP contribution in [0.25, 0.3) is 0 Å². The highest BCUT2D eigenvalue weighted by molar-refractivity contribution is 9.10. The number of carbonyl (C=O) groups excluding carboxylic acids is 1. The highest BCUT2D eigenvalue weighted by atomic mass is 79.9. The molecule has 0 unspecified atom stereocenters. The van der Waals surface area contributed by atoms with E-state index in [1.807, 2.05) is 60.1 Å². The van der Waals surface area contributed by atoms with Crippen molar-refractivity contribution in [2.24, 2.45) is 7.05 Å². The van der Waals surface area contributed by atoms with Gasteiger partial charge >= 0.3 is 0 Å². The maximum atomic E-state index is 12.1. The van der Waals surface area contributed by atoms with Crippen LogP contribution >= 0.6 is 15.9 Å². The lowest BCUT2D eigenvalue weighted by Crippen LogP contribution is -2.26. The fourth-order valence-electron chi connectivity index (χ4n) is 2.05. The molecule has 4 heteroatoms. The van der Waals surface area contributed by atoms with Crippen LogP contribution in [0, 0.1) is 0 Å². The van der Waals surface area contributed by atoms with Gasteiger partial charge in [0.05, 0.1) is 12.2 Å². The fourth-order valence-corrected chi connectivity index (χ4v) is 2.46. The van der Waals surface area contributed by atoms with E-state index in [2.05, 4.69) is 22.0 Å². The minimum absolute atomic E-state index is 0.141. The molecular weight excluding hydrogens is 304 g/mol. The van der Waals surface area contributed by atoms with Crippen LogP contribution in [0.2, 0.25) is 0 Å². The molecule has 2 aromatic rings. The van der Waals surface area contributed by atoms with Gasteiger partial charge in [-0.2, -0.15) is 0 Å². The van der Waals surface area contributed by atoms with Crippen LogP contribution in [0.1, 0.15) is 16.1 Å². The molecule has 0 atom stereocenters.